The number of carbonyl (C=O) groups is 2. The molecule has 34 heavy (non-hydrogen) atoms. The normalized spacial score (nSPS) is 16.1. The number of ether oxygens (including phenoxy) is 1. The second-order valence-corrected chi connectivity index (χ2v) is 9.60. The van der Waals surface area contributed by atoms with Crippen molar-refractivity contribution < 1.29 is 14.3 Å². The molecular formula is C27H32N4O3. The smallest absolute Gasteiger partial charge is 0.411 e. The van der Waals surface area contributed by atoms with Crippen molar-refractivity contribution >= 4 is 34.3 Å². The van der Waals surface area contributed by atoms with E-state index in [0.717, 1.165) is 72.2 Å². The number of hydrogen-bond donors (Lipinski definition) is 2. The summed E-state index contributed by atoms with van der Waals surface area (Å²) in [6.07, 6.45) is 4.88. The highest BCUT2D eigenvalue weighted by Crippen LogP contribution is 2.44. The number of amides is 2. The molecule has 2 amide bonds. The van der Waals surface area contributed by atoms with E-state index in [-0.39, 0.29) is 12.0 Å². The molecule has 2 fully saturated rings. The Labute approximate surface area is 199 Å². The quantitative estimate of drug-likeness (QED) is 0.503. The molecule has 1 aromatic heterocycles. The molecule has 3 N–H and O–H groups in total. The Morgan fingerprint density at radius 2 is 1.74 bits per heavy atom. The third-order valence-electron chi connectivity index (χ3n) is 6.87. The van der Waals surface area contributed by atoms with Crippen LogP contribution in [-0.2, 0) is 4.74 Å². The first-order valence-electron chi connectivity index (χ1n) is 12.2. The van der Waals surface area contributed by atoms with Crippen LogP contribution in [0.25, 0.3) is 22.2 Å². The molecule has 1 saturated carbocycles. The predicted octanol–water partition coefficient (Wildman–Crippen LogP) is 5.81. The molecule has 2 aliphatic rings. The van der Waals surface area contributed by atoms with Gasteiger partial charge >= 0.3 is 6.09 Å². The molecular weight excluding hydrogens is 428 g/mol. The van der Waals surface area contributed by atoms with Crippen LogP contribution in [0.5, 0.6) is 0 Å². The summed E-state index contributed by atoms with van der Waals surface area (Å²) in [5, 5.41) is 3.73. The highest BCUT2D eigenvalue weighted by Gasteiger charge is 2.28. The van der Waals surface area contributed by atoms with E-state index in [2.05, 4.69) is 9.88 Å². The monoisotopic (exact) mass is 460 g/mol. The topological polar surface area (TPSA) is 89.6 Å². The summed E-state index contributed by atoms with van der Waals surface area (Å²) in [6, 6.07) is 14.0. The first kappa shape index (κ1) is 22.3. The Bertz CT molecular complexity index is 1220. The minimum absolute atomic E-state index is 0.101. The van der Waals surface area contributed by atoms with Gasteiger partial charge in [-0.15, -0.1) is 0 Å². The van der Waals surface area contributed by atoms with Crippen molar-refractivity contribution in [2.24, 2.45) is 0 Å². The van der Waals surface area contributed by atoms with Crippen LogP contribution >= 0.6 is 0 Å². The molecule has 5 rings (SSSR count). The second-order valence-electron chi connectivity index (χ2n) is 9.60. The number of nitrogens with zero attached hydrogens (tertiary/aromatic N) is 2. The average molecular weight is 461 g/mol. The summed E-state index contributed by atoms with van der Waals surface area (Å²) >= 11 is 0. The van der Waals surface area contributed by atoms with Gasteiger partial charge in [-0.3, -0.25) is 10.1 Å². The van der Waals surface area contributed by atoms with Crippen molar-refractivity contribution in [2.75, 3.05) is 24.1 Å². The van der Waals surface area contributed by atoms with E-state index in [1.54, 1.807) is 0 Å². The molecule has 0 atom stereocenters. The Kier molecular flexibility index (Phi) is 5.94. The van der Waals surface area contributed by atoms with Crippen molar-refractivity contribution in [1.82, 2.24) is 9.47 Å². The summed E-state index contributed by atoms with van der Waals surface area (Å²) in [5.41, 5.74) is 11.8. The Morgan fingerprint density at radius 1 is 1.03 bits per heavy atom. The van der Waals surface area contributed by atoms with Gasteiger partial charge in [0, 0.05) is 41.3 Å². The number of benzene rings is 2. The average Bonchev–Trinajstić information content (AvgIpc) is 3.40. The Balaban J connectivity index is 1.52. The lowest BCUT2D eigenvalue weighted by Crippen LogP contribution is -2.27. The van der Waals surface area contributed by atoms with Gasteiger partial charge in [-0.1, -0.05) is 12.1 Å². The number of hydrogen-bond acceptors (Lipinski definition) is 4. The van der Waals surface area contributed by atoms with Gasteiger partial charge in [0.05, 0.1) is 23.0 Å². The lowest BCUT2D eigenvalue weighted by atomic mass is 9.92. The van der Waals surface area contributed by atoms with E-state index in [4.69, 9.17) is 10.5 Å². The van der Waals surface area contributed by atoms with Crippen molar-refractivity contribution in [2.45, 2.75) is 58.1 Å². The Hall–Kier alpha value is -3.48. The molecule has 1 saturated heterocycles. The maximum absolute atomic E-state index is 13.1. The molecule has 1 aliphatic heterocycles. The number of fused-ring (bicyclic) bond motifs is 1. The summed E-state index contributed by atoms with van der Waals surface area (Å²) in [5.74, 6) is 0.101. The molecule has 3 aromatic rings. The fraction of sp³-hybridized carbons (Fsp3) is 0.407. The molecule has 2 aromatic carbocycles. The number of nitrogens with two attached hydrogens (primary N) is 1. The fourth-order valence-electron chi connectivity index (χ4n) is 4.96. The highest BCUT2D eigenvalue weighted by molar-refractivity contribution is 6.05. The fourth-order valence-corrected chi connectivity index (χ4v) is 4.96. The molecule has 1 aliphatic carbocycles. The first-order chi connectivity index (χ1) is 16.4. The number of likely N-dealkylation sites (tertiary alicyclic amines) is 1. The molecule has 178 valence electrons. The molecule has 0 unspecified atom stereocenters. The van der Waals surface area contributed by atoms with Gasteiger partial charge in [-0.25, -0.2) is 4.79 Å². The maximum Gasteiger partial charge on any atom is 0.411 e. The molecule has 7 nitrogen and oxygen atoms in total. The number of aromatic nitrogens is 1. The van der Waals surface area contributed by atoms with Gasteiger partial charge in [0.25, 0.3) is 5.91 Å². The molecule has 0 radical (unpaired) electrons. The van der Waals surface area contributed by atoms with E-state index >= 15 is 0 Å². The van der Waals surface area contributed by atoms with E-state index in [9.17, 15) is 9.59 Å². The van der Waals surface area contributed by atoms with Crippen molar-refractivity contribution in [3.8, 4) is 11.3 Å². The minimum Gasteiger partial charge on any atom is -0.447 e. The summed E-state index contributed by atoms with van der Waals surface area (Å²) in [4.78, 5) is 26.9. The zero-order valence-electron chi connectivity index (χ0n) is 19.8. The van der Waals surface area contributed by atoms with Crippen molar-refractivity contribution in [3.63, 3.8) is 0 Å². The van der Waals surface area contributed by atoms with Gasteiger partial charge in [0.1, 0.15) is 0 Å². The van der Waals surface area contributed by atoms with E-state index in [1.807, 2.05) is 61.2 Å². The van der Waals surface area contributed by atoms with Gasteiger partial charge in [0.15, 0.2) is 0 Å². The zero-order chi connectivity index (χ0) is 23.8. The summed E-state index contributed by atoms with van der Waals surface area (Å²) in [6.45, 7) is 5.29. The second kappa shape index (κ2) is 9.05. The molecule has 2 heterocycles. The van der Waals surface area contributed by atoms with Crippen LogP contribution < -0.4 is 11.1 Å². The van der Waals surface area contributed by atoms with Crippen LogP contribution in [0.2, 0.25) is 0 Å². The van der Waals surface area contributed by atoms with Crippen LogP contribution in [0.15, 0.2) is 42.5 Å². The molecule has 0 spiro atoms. The largest absolute Gasteiger partial charge is 0.447 e. The maximum atomic E-state index is 13.1. The van der Waals surface area contributed by atoms with Crippen LogP contribution in [0.1, 0.15) is 62.4 Å². The predicted molar refractivity (Wildman–Crippen MR) is 135 cm³/mol. The molecule has 7 heteroatoms. The lowest BCUT2D eigenvalue weighted by molar-refractivity contribution is 0.0793. The number of rotatable bonds is 5. The van der Waals surface area contributed by atoms with E-state index < -0.39 is 6.09 Å². The third-order valence-corrected chi connectivity index (χ3v) is 6.87. The lowest BCUT2D eigenvalue weighted by Gasteiger charge is -2.30. The Morgan fingerprint density at radius 3 is 2.35 bits per heavy atom. The summed E-state index contributed by atoms with van der Waals surface area (Å²) < 4.78 is 7.49. The number of carbonyl (C=O) groups excluding carboxylic acids is 2. The first-order valence-corrected chi connectivity index (χ1v) is 12.2. The third kappa shape index (κ3) is 4.11. The van der Waals surface area contributed by atoms with Crippen molar-refractivity contribution in [1.29, 1.82) is 0 Å². The van der Waals surface area contributed by atoms with Gasteiger partial charge in [-0.05, 0) is 76.3 Å². The number of anilines is 2. The standard InChI is InChI=1S/C27H32N4O3/c1-17(2)34-27(33)29-20-11-8-18(9-12-20)25-24(28)22-13-10-19(26(32)30-14-3-4-15-30)16-23(22)31(25)21-6-5-7-21/h8-13,16-17,21H,3-7,14-15,28H2,1-2H3,(H,29,33). The van der Waals surface area contributed by atoms with E-state index in [0.29, 0.717) is 11.7 Å². The van der Waals surface area contributed by atoms with Crippen LogP contribution in [0, 0.1) is 0 Å². The van der Waals surface area contributed by atoms with Crippen LogP contribution in [0.3, 0.4) is 0 Å². The summed E-state index contributed by atoms with van der Waals surface area (Å²) in [7, 11) is 0. The van der Waals surface area contributed by atoms with Crippen molar-refractivity contribution in [3.05, 3.63) is 48.0 Å². The number of nitrogens with one attached hydrogen (secondary N) is 1. The van der Waals surface area contributed by atoms with Crippen LogP contribution in [0.4, 0.5) is 16.2 Å². The zero-order valence-corrected chi connectivity index (χ0v) is 19.8. The van der Waals surface area contributed by atoms with Gasteiger partial charge in [0.2, 0.25) is 0 Å². The van der Waals surface area contributed by atoms with Gasteiger partial charge < -0.3 is 19.9 Å². The minimum atomic E-state index is -0.471. The van der Waals surface area contributed by atoms with Gasteiger partial charge in [-0.2, -0.15) is 0 Å². The highest BCUT2D eigenvalue weighted by atomic mass is 16.6. The number of nitrogen functional groups attached to an aromatic ring is 1. The molecule has 0 bridgehead atoms. The van der Waals surface area contributed by atoms with E-state index in [1.165, 1.54) is 6.42 Å². The van der Waals surface area contributed by atoms with Crippen LogP contribution in [-0.4, -0.2) is 40.7 Å². The SMILES string of the molecule is CC(C)OC(=O)Nc1ccc(-c2c(N)c3ccc(C(=O)N4CCCC4)cc3n2C2CCC2)cc1.